The minimum atomic E-state index is -0.346. The summed E-state index contributed by atoms with van der Waals surface area (Å²) in [6.45, 7) is 0.738. The first kappa shape index (κ1) is 23.8. The predicted octanol–water partition coefficient (Wildman–Crippen LogP) is 5.12. The third-order valence-electron chi connectivity index (χ3n) is 5.76. The highest BCUT2D eigenvalue weighted by Crippen LogP contribution is 2.31. The number of hydrogen-bond acceptors (Lipinski definition) is 6. The van der Waals surface area contributed by atoms with E-state index in [0.29, 0.717) is 28.3 Å². The number of ether oxygens (including phenoxy) is 2. The summed E-state index contributed by atoms with van der Waals surface area (Å²) in [5.74, 6) is 0.571. The number of carbonyl (C=O) groups excluding carboxylic acids is 1. The van der Waals surface area contributed by atoms with Gasteiger partial charge < -0.3 is 20.1 Å². The third kappa shape index (κ3) is 5.67. The second-order valence-electron chi connectivity index (χ2n) is 8.39. The number of aromatic nitrogens is 3. The second kappa shape index (κ2) is 10.8. The number of halogens is 1. The predicted molar refractivity (Wildman–Crippen MR) is 137 cm³/mol. The molecule has 184 valence electrons. The summed E-state index contributed by atoms with van der Waals surface area (Å²) in [5.41, 5.74) is 2.77. The summed E-state index contributed by atoms with van der Waals surface area (Å²) in [5, 5.41) is 5.77. The number of amides is 1. The highest BCUT2D eigenvalue weighted by Gasteiger charge is 2.20. The summed E-state index contributed by atoms with van der Waals surface area (Å²) < 4.78 is 26.9. The molecule has 0 bridgehead atoms. The van der Waals surface area contributed by atoms with E-state index in [1.807, 2.05) is 4.57 Å². The number of thiocarbonyl (C=S) groups is 1. The van der Waals surface area contributed by atoms with E-state index in [2.05, 4.69) is 20.6 Å². The number of fused-ring (bicyclic) bond motifs is 1. The van der Waals surface area contributed by atoms with Crippen LogP contribution in [0.15, 0.2) is 67.1 Å². The third-order valence-corrected chi connectivity index (χ3v) is 5.96. The first-order valence-corrected chi connectivity index (χ1v) is 12.0. The van der Waals surface area contributed by atoms with Gasteiger partial charge in [-0.1, -0.05) is 12.1 Å². The molecule has 36 heavy (non-hydrogen) atoms. The van der Waals surface area contributed by atoms with Gasteiger partial charge in [0.05, 0.1) is 12.7 Å². The maximum absolute atomic E-state index is 13.0. The molecule has 1 aliphatic heterocycles. The number of nitrogens with one attached hydrogen (secondary N) is 2. The number of anilines is 1. The molecule has 4 aromatic rings. The summed E-state index contributed by atoms with van der Waals surface area (Å²) in [4.78, 5) is 21.2. The molecule has 0 spiro atoms. The van der Waals surface area contributed by atoms with Crippen LogP contribution in [0, 0.1) is 5.82 Å². The van der Waals surface area contributed by atoms with Crippen LogP contribution in [0.25, 0.3) is 11.2 Å². The van der Waals surface area contributed by atoms with Gasteiger partial charge in [0.15, 0.2) is 22.0 Å². The number of rotatable bonds is 6. The Kier molecular flexibility index (Phi) is 7.15. The van der Waals surface area contributed by atoms with Crippen molar-refractivity contribution in [3.05, 3.63) is 78.5 Å². The van der Waals surface area contributed by atoms with E-state index in [1.54, 1.807) is 55.0 Å². The van der Waals surface area contributed by atoms with Crippen LogP contribution >= 0.6 is 12.2 Å². The lowest BCUT2D eigenvalue weighted by atomic mass is 10.1. The van der Waals surface area contributed by atoms with Crippen molar-refractivity contribution < 1.29 is 18.7 Å². The van der Waals surface area contributed by atoms with Crippen molar-refractivity contribution in [3.63, 3.8) is 0 Å². The molecule has 10 heteroatoms. The zero-order valence-electron chi connectivity index (χ0n) is 19.3. The Bertz CT molecular complexity index is 1370. The minimum absolute atomic E-state index is 0.0584. The van der Waals surface area contributed by atoms with Gasteiger partial charge in [0.2, 0.25) is 5.91 Å². The number of benzene rings is 2. The molecule has 2 aromatic carbocycles. The molecule has 8 nitrogen and oxygen atoms in total. The largest absolute Gasteiger partial charge is 0.455 e. The van der Waals surface area contributed by atoms with E-state index in [9.17, 15) is 9.18 Å². The zero-order chi connectivity index (χ0) is 24.9. The van der Waals surface area contributed by atoms with Gasteiger partial charge in [0.1, 0.15) is 17.8 Å². The minimum Gasteiger partial charge on any atom is -0.455 e. The van der Waals surface area contributed by atoms with Crippen LogP contribution in [0.1, 0.15) is 31.1 Å². The topological polar surface area (TPSA) is 90.3 Å². The maximum Gasteiger partial charge on any atom is 0.230 e. The van der Waals surface area contributed by atoms with Gasteiger partial charge in [0, 0.05) is 24.6 Å². The normalized spacial score (nSPS) is 15.4. The molecule has 2 N–H and O–H groups in total. The average molecular weight is 506 g/mol. The first-order chi connectivity index (χ1) is 17.5. The Morgan fingerprint density at radius 3 is 2.67 bits per heavy atom. The molecule has 5 rings (SSSR count). The van der Waals surface area contributed by atoms with Crippen molar-refractivity contribution in [2.75, 3.05) is 11.9 Å². The summed E-state index contributed by atoms with van der Waals surface area (Å²) in [7, 11) is 0. The highest BCUT2D eigenvalue weighted by molar-refractivity contribution is 7.80. The monoisotopic (exact) mass is 505 g/mol. The van der Waals surface area contributed by atoms with Crippen LogP contribution in [0.5, 0.6) is 11.5 Å². The SMILES string of the molecule is O=C(Cc1ccc(F)cc1)NC(=S)Nc1ccc(Oc2ccnc3c2ncn3C2CCCCO2)cc1. The number of imidazole rings is 1. The van der Waals surface area contributed by atoms with E-state index in [0.717, 1.165) is 31.5 Å². The van der Waals surface area contributed by atoms with E-state index >= 15 is 0 Å². The molecular formula is C26H24FN5O3S. The van der Waals surface area contributed by atoms with Gasteiger partial charge in [-0.15, -0.1) is 0 Å². The molecule has 1 fully saturated rings. The fourth-order valence-electron chi connectivity index (χ4n) is 4.00. The molecule has 1 unspecified atom stereocenters. The van der Waals surface area contributed by atoms with Crippen LogP contribution in [0.2, 0.25) is 0 Å². The van der Waals surface area contributed by atoms with Gasteiger partial charge in [-0.25, -0.2) is 14.4 Å². The van der Waals surface area contributed by atoms with Crippen LogP contribution in [-0.4, -0.2) is 32.2 Å². The van der Waals surface area contributed by atoms with Gasteiger partial charge in [-0.3, -0.25) is 9.36 Å². The van der Waals surface area contributed by atoms with E-state index < -0.39 is 0 Å². The highest BCUT2D eigenvalue weighted by atomic mass is 32.1. The molecule has 2 aromatic heterocycles. The number of hydrogen-bond donors (Lipinski definition) is 2. The molecule has 0 aliphatic carbocycles. The molecule has 1 aliphatic rings. The Hall–Kier alpha value is -3.89. The van der Waals surface area contributed by atoms with Crippen molar-refractivity contribution in [3.8, 4) is 11.5 Å². The van der Waals surface area contributed by atoms with Crippen molar-refractivity contribution in [1.29, 1.82) is 0 Å². The van der Waals surface area contributed by atoms with Crippen LogP contribution in [0.4, 0.5) is 10.1 Å². The van der Waals surface area contributed by atoms with Crippen molar-refractivity contribution in [1.82, 2.24) is 19.9 Å². The molecule has 0 saturated carbocycles. The van der Waals surface area contributed by atoms with Gasteiger partial charge in [-0.2, -0.15) is 0 Å². The van der Waals surface area contributed by atoms with E-state index in [4.69, 9.17) is 21.7 Å². The Morgan fingerprint density at radius 1 is 1.11 bits per heavy atom. The Balaban J connectivity index is 1.19. The summed E-state index contributed by atoms with van der Waals surface area (Å²) in [6, 6.07) is 14.7. The van der Waals surface area contributed by atoms with E-state index in [-0.39, 0.29) is 29.5 Å². The standard InChI is InChI=1S/C26H24FN5O3S/c27-18-6-4-17(5-7-18)15-22(33)31-26(36)30-19-8-10-20(11-9-19)35-21-12-13-28-25-24(21)29-16-32(25)23-3-1-2-14-34-23/h4-13,16,23H,1-3,14-15H2,(H2,30,31,33,36). The van der Waals surface area contributed by atoms with Gasteiger partial charge in [0.25, 0.3) is 0 Å². The van der Waals surface area contributed by atoms with Crippen LogP contribution in [-0.2, 0) is 16.0 Å². The zero-order valence-corrected chi connectivity index (χ0v) is 20.1. The quantitative estimate of drug-likeness (QED) is 0.352. The number of carbonyl (C=O) groups is 1. The van der Waals surface area contributed by atoms with Crippen molar-refractivity contribution >= 4 is 40.1 Å². The summed E-state index contributed by atoms with van der Waals surface area (Å²) in [6.07, 6.45) is 6.60. The number of nitrogens with zero attached hydrogens (tertiary/aromatic N) is 3. The lowest BCUT2D eigenvalue weighted by molar-refractivity contribution is -0.119. The number of pyridine rings is 1. The molecule has 0 radical (unpaired) electrons. The average Bonchev–Trinajstić information content (AvgIpc) is 3.32. The van der Waals surface area contributed by atoms with E-state index in [1.165, 1.54) is 12.1 Å². The van der Waals surface area contributed by atoms with Crippen LogP contribution < -0.4 is 15.4 Å². The molecule has 1 atom stereocenters. The first-order valence-electron chi connectivity index (χ1n) is 11.6. The van der Waals surface area contributed by atoms with Crippen LogP contribution in [0.3, 0.4) is 0 Å². The van der Waals surface area contributed by atoms with Crippen molar-refractivity contribution in [2.24, 2.45) is 0 Å². The Morgan fingerprint density at radius 2 is 1.92 bits per heavy atom. The second-order valence-corrected chi connectivity index (χ2v) is 8.79. The smallest absolute Gasteiger partial charge is 0.230 e. The molecular weight excluding hydrogens is 481 g/mol. The molecule has 1 amide bonds. The molecule has 3 heterocycles. The fraction of sp³-hybridized carbons (Fsp3) is 0.231. The maximum atomic E-state index is 13.0. The lowest BCUT2D eigenvalue weighted by Gasteiger charge is -2.23. The lowest BCUT2D eigenvalue weighted by Crippen LogP contribution is -2.35. The summed E-state index contributed by atoms with van der Waals surface area (Å²) >= 11 is 5.23. The Labute approximate surface area is 212 Å². The van der Waals surface area contributed by atoms with Crippen molar-refractivity contribution in [2.45, 2.75) is 31.9 Å². The van der Waals surface area contributed by atoms with Gasteiger partial charge in [-0.05, 0) is 73.4 Å². The van der Waals surface area contributed by atoms with Gasteiger partial charge >= 0.3 is 0 Å². The fourth-order valence-corrected chi connectivity index (χ4v) is 4.23. The molecule has 1 saturated heterocycles.